The normalized spacial score (nSPS) is 24.4. The second kappa shape index (κ2) is 6.45. The summed E-state index contributed by atoms with van der Waals surface area (Å²) in [5, 5.41) is 10.4. The van der Waals surface area contributed by atoms with Gasteiger partial charge in [-0.3, -0.25) is 4.90 Å². The van der Waals surface area contributed by atoms with Gasteiger partial charge in [0.15, 0.2) is 0 Å². The minimum Gasteiger partial charge on any atom is -0.485 e. The number of halogens is 2. The highest BCUT2D eigenvalue weighted by Crippen LogP contribution is 2.26. The number of likely N-dealkylation sites (tertiary alicyclic amines) is 1. The minimum atomic E-state index is -0.434. The Hall–Kier alpha value is -0.480. The minimum absolute atomic E-state index is 0. The van der Waals surface area contributed by atoms with Crippen molar-refractivity contribution in [2.24, 2.45) is 0 Å². The highest BCUT2D eigenvalue weighted by molar-refractivity contribution is 6.32. The van der Waals surface area contributed by atoms with Crippen molar-refractivity contribution >= 4 is 24.0 Å². The van der Waals surface area contributed by atoms with Crippen molar-refractivity contribution < 1.29 is 9.84 Å². The standard InChI is InChI=1S/C12H16ClNO2.ClH/c1-2-14-7-10(15)12(8-14)16-11-6-4-3-5-9(11)13;/h3-6,10,12,15H,2,7-8H2,1H3;1H. The van der Waals surface area contributed by atoms with Crippen molar-refractivity contribution in [2.75, 3.05) is 19.6 Å². The fourth-order valence-electron chi connectivity index (χ4n) is 1.91. The Kier molecular flexibility index (Phi) is 5.53. The summed E-state index contributed by atoms with van der Waals surface area (Å²) >= 11 is 6.00. The molecule has 1 aromatic carbocycles. The Morgan fingerprint density at radius 2 is 2.12 bits per heavy atom. The number of nitrogens with zero attached hydrogens (tertiary/aromatic N) is 1. The van der Waals surface area contributed by atoms with E-state index in [0.717, 1.165) is 13.1 Å². The molecular weight excluding hydrogens is 261 g/mol. The number of rotatable bonds is 3. The maximum Gasteiger partial charge on any atom is 0.138 e. The number of likely N-dealkylation sites (N-methyl/N-ethyl adjacent to an activating group) is 1. The monoisotopic (exact) mass is 277 g/mol. The Balaban J connectivity index is 0.00000144. The average molecular weight is 278 g/mol. The van der Waals surface area contributed by atoms with Crippen LogP contribution in [-0.4, -0.2) is 41.8 Å². The zero-order valence-corrected chi connectivity index (χ0v) is 11.2. The molecule has 1 saturated heterocycles. The fraction of sp³-hybridized carbons (Fsp3) is 0.500. The number of para-hydroxylation sites is 1. The molecule has 0 amide bonds. The topological polar surface area (TPSA) is 32.7 Å². The first-order valence-electron chi connectivity index (χ1n) is 5.52. The summed E-state index contributed by atoms with van der Waals surface area (Å²) in [6.45, 7) is 4.43. The van der Waals surface area contributed by atoms with Gasteiger partial charge in [-0.2, -0.15) is 0 Å². The van der Waals surface area contributed by atoms with Gasteiger partial charge in [0.2, 0.25) is 0 Å². The van der Waals surface area contributed by atoms with E-state index in [1.807, 2.05) is 18.2 Å². The van der Waals surface area contributed by atoms with Crippen LogP contribution in [0.15, 0.2) is 24.3 Å². The molecule has 17 heavy (non-hydrogen) atoms. The van der Waals surface area contributed by atoms with Gasteiger partial charge in [-0.25, -0.2) is 0 Å². The van der Waals surface area contributed by atoms with Crippen molar-refractivity contribution in [1.29, 1.82) is 0 Å². The summed E-state index contributed by atoms with van der Waals surface area (Å²) in [7, 11) is 0. The van der Waals surface area contributed by atoms with E-state index in [2.05, 4.69) is 11.8 Å². The number of aliphatic hydroxyl groups is 1. The Morgan fingerprint density at radius 3 is 2.71 bits per heavy atom. The van der Waals surface area contributed by atoms with Crippen LogP contribution in [-0.2, 0) is 0 Å². The van der Waals surface area contributed by atoms with Crippen LogP contribution in [0, 0.1) is 0 Å². The van der Waals surface area contributed by atoms with E-state index in [4.69, 9.17) is 16.3 Å². The highest BCUT2D eigenvalue weighted by atomic mass is 35.5. The van der Waals surface area contributed by atoms with Crippen molar-refractivity contribution in [2.45, 2.75) is 19.1 Å². The summed E-state index contributed by atoms with van der Waals surface area (Å²) in [5.41, 5.74) is 0. The van der Waals surface area contributed by atoms with Crippen LogP contribution in [0.1, 0.15) is 6.92 Å². The predicted molar refractivity (Wildman–Crippen MR) is 71.2 cm³/mol. The average Bonchev–Trinajstić information content (AvgIpc) is 2.63. The van der Waals surface area contributed by atoms with Crippen LogP contribution in [0.2, 0.25) is 5.02 Å². The molecule has 5 heteroatoms. The van der Waals surface area contributed by atoms with Crippen LogP contribution >= 0.6 is 24.0 Å². The van der Waals surface area contributed by atoms with E-state index in [9.17, 15) is 5.11 Å². The van der Waals surface area contributed by atoms with E-state index in [0.29, 0.717) is 17.3 Å². The molecule has 2 atom stereocenters. The van der Waals surface area contributed by atoms with Crippen molar-refractivity contribution in [1.82, 2.24) is 4.90 Å². The third-order valence-corrected chi connectivity index (χ3v) is 3.19. The molecule has 0 spiro atoms. The summed E-state index contributed by atoms with van der Waals surface area (Å²) in [4.78, 5) is 2.16. The number of benzene rings is 1. The van der Waals surface area contributed by atoms with Gasteiger partial charge >= 0.3 is 0 Å². The van der Waals surface area contributed by atoms with Gasteiger partial charge in [-0.05, 0) is 18.7 Å². The predicted octanol–water partition coefficient (Wildman–Crippen LogP) is 2.21. The molecule has 2 unspecified atom stereocenters. The first-order valence-corrected chi connectivity index (χ1v) is 5.90. The fourth-order valence-corrected chi connectivity index (χ4v) is 2.09. The van der Waals surface area contributed by atoms with Crippen molar-refractivity contribution in [3.8, 4) is 5.75 Å². The molecule has 0 saturated carbocycles. The quantitative estimate of drug-likeness (QED) is 0.920. The summed E-state index contributed by atoms with van der Waals surface area (Å²) in [6, 6.07) is 7.35. The lowest BCUT2D eigenvalue weighted by atomic mass is 10.2. The molecule has 1 N–H and O–H groups in total. The van der Waals surface area contributed by atoms with E-state index < -0.39 is 6.10 Å². The zero-order chi connectivity index (χ0) is 11.5. The van der Waals surface area contributed by atoms with E-state index in [1.165, 1.54) is 0 Å². The molecule has 1 fully saturated rings. The smallest absolute Gasteiger partial charge is 0.138 e. The Labute approximate surface area is 113 Å². The van der Waals surface area contributed by atoms with Gasteiger partial charge in [0.1, 0.15) is 18.0 Å². The first kappa shape index (κ1) is 14.6. The third-order valence-electron chi connectivity index (χ3n) is 2.87. The lowest BCUT2D eigenvalue weighted by Gasteiger charge is -2.17. The summed E-state index contributed by atoms with van der Waals surface area (Å²) < 4.78 is 5.73. The third kappa shape index (κ3) is 3.49. The van der Waals surface area contributed by atoms with Crippen LogP contribution in [0.3, 0.4) is 0 Å². The van der Waals surface area contributed by atoms with Gasteiger partial charge in [-0.1, -0.05) is 30.7 Å². The van der Waals surface area contributed by atoms with Gasteiger partial charge in [-0.15, -0.1) is 12.4 Å². The lowest BCUT2D eigenvalue weighted by Crippen LogP contribution is -2.30. The van der Waals surface area contributed by atoms with Crippen LogP contribution in [0.5, 0.6) is 5.75 Å². The van der Waals surface area contributed by atoms with Crippen LogP contribution in [0.4, 0.5) is 0 Å². The highest BCUT2D eigenvalue weighted by Gasteiger charge is 2.32. The Morgan fingerprint density at radius 1 is 1.41 bits per heavy atom. The second-order valence-electron chi connectivity index (χ2n) is 4.01. The van der Waals surface area contributed by atoms with Gasteiger partial charge in [0, 0.05) is 13.1 Å². The molecule has 1 aliphatic rings. The van der Waals surface area contributed by atoms with Crippen molar-refractivity contribution in [3.05, 3.63) is 29.3 Å². The first-order chi connectivity index (χ1) is 7.70. The molecule has 1 heterocycles. The number of β-amino-alcohol motifs (C(OH)–C–C–N with tert-alkyl or cyclic N) is 1. The van der Waals surface area contributed by atoms with Crippen molar-refractivity contribution in [3.63, 3.8) is 0 Å². The molecule has 3 nitrogen and oxygen atoms in total. The lowest BCUT2D eigenvalue weighted by molar-refractivity contribution is 0.0737. The van der Waals surface area contributed by atoms with Gasteiger partial charge in [0.25, 0.3) is 0 Å². The van der Waals surface area contributed by atoms with E-state index in [-0.39, 0.29) is 18.5 Å². The van der Waals surface area contributed by atoms with Gasteiger partial charge in [0.05, 0.1) is 5.02 Å². The van der Waals surface area contributed by atoms with E-state index in [1.54, 1.807) is 6.07 Å². The second-order valence-corrected chi connectivity index (χ2v) is 4.41. The summed E-state index contributed by atoms with van der Waals surface area (Å²) in [5.74, 6) is 0.645. The van der Waals surface area contributed by atoms with E-state index >= 15 is 0 Å². The maximum atomic E-state index is 9.83. The molecule has 96 valence electrons. The van der Waals surface area contributed by atoms with Gasteiger partial charge < -0.3 is 9.84 Å². The SMILES string of the molecule is CCN1CC(O)C(Oc2ccccc2Cl)C1.Cl. The zero-order valence-electron chi connectivity index (χ0n) is 9.67. The number of hydrogen-bond donors (Lipinski definition) is 1. The molecule has 0 radical (unpaired) electrons. The molecule has 2 rings (SSSR count). The molecular formula is C12H17Cl2NO2. The molecule has 1 aromatic rings. The van der Waals surface area contributed by atoms with Crippen LogP contribution in [0.25, 0.3) is 0 Å². The molecule has 0 aromatic heterocycles. The molecule has 0 aliphatic carbocycles. The number of ether oxygens (including phenoxy) is 1. The number of aliphatic hydroxyl groups excluding tert-OH is 1. The largest absolute Gasteiger partial charge is 0.485 e. The molecule has 1 aliphatic heterocycles. The maximum absolute atomic E-state index is 9.83. The number of hydrogen-bond acceptors (Lipinski definition) is 3. The Bertz CT molecular complexity index is 362. The van der Waals surface area contributed by atoms with Crippen LogP contribution < -0.4 is 4.74 Å². The summed E-state index contributed by atoms with van der Waals surface area (Å²) in [6.07, 6.45) is -0.615. The molecule has 0 bridgehead atoms.